The molecule has 0 saturated carbocycles. The normalized spacial score (nSPS) is 26.4. The molecule has 3 nitrogen and oxygen atoms in total. The number of thioether (sulfide) groups is 1. The van der Waals surface area contributed by atoms with Crippen LogP contribution in [0.15, 0.2) is 0 Å². The van der Waals surface area contributed by atoms with Crippen molar-refractivity contribution in [3.63, 3.8) is 0 Å². The van der Waals surface area contributed by atoms with E-state index in [0.29, 0.717) is 17.9 Å². The number of carbonyl (C=O) groups is 1. The van der Waals surface area contributed by atoms with E-state index in [9.17, 15) is 4.79 Å². The second kappa shape index (κ2) is 6.64. The quantitative estimate of drug-likeness (QED) is 0.831. The molecule has 0 spiro atoms. The van der Waals surface area contributed by atoms with Crippen LogP contribution in [0.2, 0.25) is 0 Å². The highest BCUT2D eigenvalue weighted by molar-refractivity contribution is 7.99. The summed E-state index contributed by atoms with van der Waals surface area (Å²) in [5, 5.41) is 3.20. The van der Waals surface area contributed by atoms with Crippen LogP contribution in [0, 0.1) is 5.92 Å². The lowest BCUT2D eigenvalue weighted by atomic mass is 9.98. The van der Waals surface area contributed by atoms with Crippen LogP contribution in [0.4, 0.5) is 0 Å². The largest absolute Gasteiger partial charge is 0.338 e. The summed E-state index contributed by atoms with van der Waals surface area (Å²) >= 11 is 2.03. The highest BCUT2D eigenvalue weighted by atomic mass is 32.2. The van der Waals surface area contributed by atoms with Crippen molar-refractivity contribution in [2.75, 3.05) is 31.6 Å². The Morgan fingerprint density at radius 3 is 2.82 bits per heavy atom. The Balaban J connectivity index is 1.81. The monoisotopic (exact) mass is 256 g/mol. The summed E-state index contributed by atoms with van der Waals surface area (Å²) in [5.74, 6) is 3.55. The van der Waals surface area contributed by atoms with Crippen molar-refractivity contribution in [3.05, 3.63) is 0 Å². The molecule has 1 unspecified atom stereocenters. The van der Waals surface area contributed by atoms with Crippen molar-refractivity contribution in [2.45, 2.75) is 38.1 Å². The Kier molecular flexibility index (Phi) is 5.16. The lowest BCUT2D eigenvalue weighted by Gasteiger charge is -2.28. The minimum absolute atomic E-state index is 0.402. The van der Waals surface area contributed by atoms with Gasteiger partial charge in [0.25, 0.3) is 0 Å². The van der Waals surface area contributed by atoms with Crippen molar-refractivity contribution in [1.29, 1.82) is 0 Å². The van der Waals surface area contributed by atoms with E-state index in [2.05, 4.69) is 10.2 Å². The molecule has 2 aliphatic heterocycles. The SMILES string of the molecule is CNCC1CCCN1C(=O)CC1CCSCC1. The first-order chi connectivity index (χ1) is 8.31. The van der Waals surface area contributed by atoms with E-state index in [4.69, 9.17) is 0 Å². The zero-order chi connectivity index (χ0) is 12.1. The Labute approximate surface area is 109 Å². The third-order valence-electron chi connectivity index (χ3n) is 3.94. The molecule has 2 saturated heterocycles. The second-order valence-corrected chi connectivity index (χ2v) is 6.43. The van der Waals surface area contributed by atoms with E-state index in [1.807, 2.05) is 18.8 Å². The van der Waals surface area contributed by atoms with Crippen molar-refractivity contribution in [1.82, 2.24) is 10.2 Å². The van der Waals surface area contributed by atoms with Crippen LogP contribution >= 0.6 is 11.8 Å². The number of amides is 1. The van der Waals surface area contributed by atoms with Gasteiger partial charge in [-0.25, -0.2) is 0 Å². The molecule has 2 aliphatic rings. The van der Waals surface area contributed by atoms with Crippen LogP contribution in [0.25, 0.3) is 0 Å². The molecular weight excluding hydrogens is 232 g/mol. The van der Waals surface area contributed by atoms with Gasteiger partial charge in [0.2, 0.25) is 5.91 Å². The van der Waals surface area contributed by atoms with Crippen LogP contribution in [-0.4, -0.2) is 48.5 Å². The topological polar surface area (TPSA) is 32.3 Å². The molecule has 1 atom stereocenters. The van der Waals surface area contributed by atoms with E-state index in [1.165, 1.54) is 37.2 Å². The first-order valence-electron chi connectivity index (χ1n) is 6.83. The van der Waals surface area contributed by atoms with Crippen molar-refractivity contribution < 1.29 is 4.79 Å². The van der Waals surface area contributed by atoms with Gasteiger partial charge in [-0.1, -0.05) is 0 Å². The minimum Gasteiger partial charge on any atom is -0.338 e. The molecule has 0 aliphatic carbocycles. The number of nitrogens with one attached hydrogen (secondary N) is 1. The molecule has 2 rings (SSSR count). The van der Waals surface area contributed by atoms with E-state index in [0.717, 1.165) is 19.5 Å². The lowest BCUT2D eigenvalue weighted by Crippen LogP contribution is -2.41. The third kappa shape index (κ3) is 3.62. The fraction of sp³-hybridized carbons (Fsp3) is 0.923. The number of hydrogen-bond acceptors (Lipinski definition) is 3. The summed E-state index contributed by atoms with van der Waals surface area (Å²) in [4.78, 5) is 14.4. The Morgan fingerprint density at radius 2 is 2.12 bits per heavy atom. The number of hydrogen-bond donors (Lipinski definition) is 1. The molecule has 0 aromatic carbocycles. The van der Waals surface area contributed by atoms with Crippen LogP contribution in [0.1, 0.15) is 32.1 Å². The summed E-state index contributed by atoms with van der Waals surface area (Å²) in [6, 6.07) is 0.450. The predicted octanol–water partition coefficient (Wildman–Crippen LogP) is 1.73. The first-order valence-corrected chi connectivity index (χ1v) is 7.98. The standard InChI is InChI=1S/C13H24N2OS/c1-14-10-12-3-2-6-15(12)13(16)9-11-4-7-17-8-5-11/h11-12,14H,2-10H2,1H3. The zero-order valence-corrected chi connectivity index (χ0v) is 11.6. The van der Waals surface area contributed by atoms with Crippen molar-refractivity contribution in [2.24, 2.45) is 5.92 Å². The lowest BCUT2D eigenvalue weighted by molar-refractivity contribution is -0.133. The number of rotatable bonds is 4. The van der Waals surface area contributed by atoms with Gasteiger partial charge in [-0.05, 0) is 50.2 Å². The van der Waals surface area contributed by atoms with Crippen molar-refractivity contribution in [3.8, 4) is 0 Å². The molecule has 0 aromatic heterocycles. The van der Waals surface area contributed by atoms with E-state index < -0.39 is 0 Å². The predicted molar refractivity (Wildman–Crippen MR) is 73.3 cm³/mol. The second-order valence-electron chi connectivity index (χ2n) is 5.20. The fourth-order valence-corrected chi connectivity index (χ4v) is 4.13. The third-order valence-corrected chi connectivity index (χ3v) is 4.99. The summed E-state index contributed by atoms with van der Waals surface area (Å²) in [5.41, 5.74) is 0. The van der Waals surface area contributed by atoms with E-state index in [1.54, 1.807) is 0 Å². The van der Waals surface area contributed by atoms with E-state index in [-0.39, 0.29) is 0 Å². The smallest absolute Gasteiger partial charge is 0.223 e. The van der Waals surface area contributed by atoms with Gasteiger partial charge >= 0.3 is 0 Å². The van der Waals surface area contributed by atoms with Crippen LogP contribution < -0.4 is 5.32 Å². The Morgan fingerprint density at radius 1 is 1.35 bits per heavy atom. The number of likely N-dealkylation sites (tertiary alicyclic amines) is 1. The molecule has 2 fully saturated rings. The molecule has 0 aromatic rings. The van der Waals surface area contributed by atoms with Gasteiger partial charge in [0.1, 0.15) is 0 Å². The maximum absolute atomic E-state index is 12.3. The van der Waals surface area contributed by atoms with Crippen molar-refractivity contribution >= 4 is 17.7 Å². The van der Waals surface area contributed by atoms with Gasteiger partial charge in [-0.3, -0.25) is 4.79 Å². The average molecular weight is 256 g/mol. The number of carbonyl (C=O) groups excluding carboxylic acids is 1. The molecule has 1 amide bonds. The van der Waals surface area contributed by atoms with Gasteiger partial charge < -0.3 is 10.2 Å². The number of likely N-dealkylation sites (N-methyl/N-ethyl adjacent to an activating group) is 1. The zero-order valence-electron chi connectivity index (χ0n) is 10.8. The summed E-state index contributed by atoms with van der Waals surface area (Å²) in [7, 11) is 1.97. The highest BCUT2D eigenvalue weighted by Gasteiger charge is 2.29. The van der Waals surface area contributed by atoms with E-state index >= 15 is 0 Å². The maximum atomic E-state index is 12.3. The minimum atomic E-state index is 0.402. The molecule has 0 radical (unpaired) electrons. The van der Waals surface area contributed by atoms with Gasteiger partial charge in [-0.2, -0.15) is 11.8 Å². The molecule has 98 valence electrons. The average Bonchev–Trinajstić information content (AvgIpc) is 2.79. The Hall–Kier alpha value is -0.220. The van der Waals surface area contributed by atoms with Crippen LogP contribution in [0.3, 0.4) is 0 Å². The summed E-state index contributed by atoms with van der Waals surface area (Å²) < 4.78 is 0. The highest BCUT2D eigenvalue weighted by Crippen LogP contribution is 2.27. The van der Waals surface area contributed by atoms with Gasteiger partial charge in [-0.15, -0.1) is 0 Å². The molecule has 0 bridgehead atoms. The maximum Gasteiger partial charge on any atom is 0.223 e. The van der Waals surface area contributed by atoms with Gasteiger partial charge in [0.05, 0.1) is 0 Å². The molecule has 4 heteroatoms. The first kappa shape index (κ1) is 13.2. The Bertz CT molecular complexity index is 254. The van der Waals surface area contributed by atoms with Gasteiger partial charge in [0, 0.05) is 25.6 Å². The van der Waals surface area contributed by atoms with Gasteiger partial charge in [0.15, 0.2) is 0 Å². The van der Waals surface area contributed by atoms with Crippen LogP contribution in [-0.2, 0) is 4.79 Å². The number of nitrogens with zero attached hydrogens (tertiary/aromatic N) is 1. The fourth-order valence-electron chi connectivity index (χ4n) is 2.93. The van der Waals surface area contributed by atoms with Crippen LogP contribution in [0.5, 0.6) is 0 Å². The molecule has 1 N–H and O–H groups in total. The molecular formula is C13H24N2OS. The summed E-state index contributed by atoms with van der Waals surface area (Å²) in [6.07, 6.45) is 5.62. The molecule has 2 heterocycles. The molecule has 17 heavy (non-hydrogen) atoms. The summed E-state index contributed by atoms with van der Waals surface area (Å²) in [6.45, 7) is 1.93.